The van der Waals surface area contributed by atoms with E-state index in [9.17, 15) is 9.59 Å². The van der Waals surface area contributed by atoms with Crippen LogP contribution in [-0.4, -0.2) is 24.1 Å². The summed E-state index contributed by atoms with van der Waals surface area (Å²) in [5, 5.41) is 0. The van der Waals surface area contributed by atoms with Crippen molar-refractivity contribution in [3.8, 4) is 0 Å². The highest BCUT2D eigenvalue weighted by atomic mass is 16.6. The van der Waals surface area contributed by atoms with Crippen LogP contribution in [-0.2, 0) is 19.1 Å². The minimum Gasteiger partial charge on any atom is -0.459 e. The number of carbonyl (C=O) groups excluding carboxylic acids is 2. The third-order valence-electron chi connectivity index (χ3n) is 2.63. The van der Waals surface area contributed by atoms with Gasteiger partial charge in [0.2, 0.25) is 0 Å². The van der Waals surface area contributed by atoms with E-state index in [1.165, 1.54) is 13.8 Å². The Hall–Kier alpha value is -1.06. The molecule has 4 heteroatoms. The van der Waals surface area contributed by atoms with E-state index in [1.807, 2.05) is 0 Å². The van der Waals surface area contributed by atoms with Crippen LogP contribution in [0.15, 0.2) is 0 Å². The summed E-state index contributed by atoms with van der Waals surface area (Å²) in [4.78, 5) is 21.7. The minimum absolute atomic E-state index is 0.261. The fourth-order valence-corrected chi connectivity index (χ4v) is 1.99. The van der Waals surface area contributed by atoms with Crippen LogP contribution >= 0.6 is 0 Å². The van der Waals surface area contributed by atoms with E-state index in [0.717, 1.165) is 19.3 Å². The van der Waals surface area contributed by atoms with Gasteiger partial charge in [-0.15, -0.1) is 0 Å². The van der Waals surface area contributed by atoms with Crippen molar-refractivity contribution in [3.05, 3.63) is 0 Å². The monoisotopic (exact) mass is 214 g/mol. The zero-order valence-corrected chi connectivity index (χ0v) is 9.49. The smallest absolute Gasteiger partial charge is 0.303 e. The summed E-state index contributed by atoms with van der Waals surface area (Å²) in [7, 11) is 0. The first kappa shape index (κ1) is 12.0. The maximum atomic E-state index is 10.9. The second kappa shape index (κ2) is 5.14. The third-order valence-corrected chi connectivity index (χ3v) is 2.63. The molecule has 0 bridgehead atoms. The molecule has 1 unspecified atom stereocenters. The summed E-state index contributed by atoms with van der Waals surface area (Å²) in [5.74, 6) is -0.112. The summed E-state index contributed by atoms with van der Waals surface area (Å²) in [6, 6.07) is 0. The maximum Gasteiger partial charge on any atom is 0.303 e. The van der Waals surface area contributed by atoms with E-state index >= 15 is 0 Å². The Morgan fingerprint density at radius 3 is 2.07 bits per heavy atom. The van der Waals surface area contributed by atoms with E-state index < -0.39 is 0 Å². The molecular weight excluding hydrogens is 196 g/mol. The molecule has 0 aromatic rings. The Morgan fingerprint density at radius 1 is 1.00 bits per heavy atom. The molecule has 4 nitrogen and oxygen atoms in total. The van der Waals surface area contributed by atoms with Gasteiger partial charge < -0.3 is 9.47 Å². The summed E-state index contributed by atoms with van der Waals surface area (Å²) in [6.45, 7) is 4.87. The molecule has 1 saturated carbocycles. The molecule has 0 N–H and O–H groups in total. The standard InChI is InChI=1S/C11H18O4/c1-7-4-5-10(14-8(2)12)11(6-7)15-9(3)13/h7,10-11H,4-6H2,1-3H3/t7?,10-,11-/m1/s1. The van der Waals surface area contributed by atoms with Crippen LogP contribution in [0.5, 0.6) is 0 Å². The summed E-state index contributed by atoms with van der Waals surface area (Å²) >= 11 is 0. The normalized spacial score (nSPS) is 30.7. The van der Waals surface area contributed by atoms with E-state index in [-0.39, 0.29) is 24.1 Å². The predicted octanol–water partition coefficient (Wildman–Crippen LogP) is 1.67. The molecule has 86 valence electrons. The Morgan fingerprint density at radius 2 is 1.53 bits per heavy atom. The van der Waals surface area contributed by atoms with Crippen molar-refractivity contribution in [3.63, 3.8) is 0 Å². The van der Waals surface area contributed by atoms with Gasteiger partial charge in [-0.1, -0.05) is 6.92 Å². The molecule has 0 aliphatic heterocycles. The van der Waals surface area contributed by atoms with Crippen LogP contribution < -0.4 is 0 Å². The average molecular weight is 214 g/mol. The number of hydrogen-bond acceptors (Lipinski definition) is 4. The second-order valence-electron chi connectivity index (χ2n) is 4.21. The van der Waals surface area contributed by atoms with Gasteiger partial charge in [-0.3, -0.25) is 9.59 Å². The van der Waals surface area contributed by atoms with Crippen molar-refractivity contribution in [2.75, 3.05) is 0 Å². The van der Waals surface area contributed by atoms with E-state index in [1.54, 1.807) is 0 Å². The van der Waals surface area contributed by atoms with Crippen molar-refractivity contribution in [1.82, 2.24) is 0 Å². The van der Waals surface area contributed by atoms with Crippen LogP contribution in [0.25, 0.3) is 0 Å². The van der Waals surface area contributed by atoms with Gasteiger partial charge in [0.15, 0.2) is 0 Å². The molecule has 0 amide bonds. The molecule has 1 fully saturated rings. The lowest BCUT2D eigenvalue weighted by Gasteiger charge is -2.33. The lowest BCUT2D eigenvalue weighted by atomic mass is 9.86. The summed E-state index contributed by atoms with van der Waals surface area (Å²) in [6.07, 6.45) is 2.03. The second-order valence-corrected chi connectivity index (χ2v) is 4.21. The van der Waals surface area contributed by atoms with E-state index in [2.05, 4.69) is 6.92 Å². The molecule has 0 aromatic heterocycles. The van der Waals surface area contributed by atoms with E-state index in [0.29, 0.717) is 5.92 Å². The molecule has 0 radical (unpaired) electrons. The highest BCUT2D eigenvalue weighted by Crippen LogP contribution is 2.28. The molecule has 0 aromatic carbocycles. The van der Waals surface area contributed by atoms with Gasteiger partial charge in [0.1, 0.15) is 12.2 Å². The average Bonchev–Trinajstić information content (AvgIpc) is 2.08. The third kappa shape index (κ3) is 3.90. The lowest BCUT2D eigenvalue weighted by molar-refractivity contribution is -0.170. The van der Waals surface area contributed by atoms with Gasteiger partial charge >= 0.3 is 11.9 Å². The Kier molecular flexibility index (Phi) is 4.12. The first-order valence-electron chi connectivity index (χ1n) is 5.33. The summed E-state index contributed by atoms with van der Waals surface area (Å²) < 4.78 is 10.3. The summed E-state index contributed by atoms with van der Waals surface area (Å²) in [5.41, 5.74) is 0. The molecule has 15 heavy (non-hydrogen) atoms. The minimum atomic E-state index is -0.314. The fraction of sp³-hybridized carbons (Fsp3) is 0.818. The Bertz CT molecular complexity index is 249. The first-order chi connectivity index (χ1) is 6.99. The topological polar surface area (TPSA) is 52.6 Å². The predicted molar refractivity (Wildman–Crippen MR) is 54.1 cm³/mol. The van der Waals surface area contributed by atoms with Crippen molar-refractivity contribution < 1.29 is 19.1 Å². The van der Waals surface area contributed by atoms with Crippen LogP contribution in [0, 0.1) is 5.92 Å². The zero-order chi connectivity index (χ0) is 11.4. The van der Waals surface area contributed by atoms with E-state index in [4.69, 9.17) is 9.47 Å². The Balaban J connectivity index is 2.57. The van der Waals surface area contributed by atoms with Crippen molar-refractivity contribution in [2.24, 2.45) is 5.92 Å². The van der Waals surface area contributed by atoms with Crippen LogP contribution in [0.1, 0.15) is 40.0 Å². The maximum absolute atomic E-state index is 10.9. The highest BCUT2D eigenvalue weighted by Gasteiger charge is 2.33. The SMILES string of the molecule is CC(=O)O[C@@H]1CCC(C)C[C@H]1OC(C)=O. The number of carbonyl (C=O) groups is 2. The molecule has 3 atom stereocenters. The molecule has 1 rings (SSSR count). The van der Waals surface area contributed by atoms with Gasteiger partial charge in [-0.25, -0.2) is 0 Å². The highest BCUT2D eigenvalue weighted by molar-refractivity contribution is 5.67. The molecule has 0 saturated heterocycles. The number of esters is 2. The fourth-order valence-electron chi connectivity index (χ4n) is 1.99. The first-order valence-corrected chi connectivity index (χ1v) is 5.33. The molecule has 1 aliphatic rings. The van der Waals surface area contributed by atoms with Crippen LogP contribution in [0.4, 0.5) is 0 Å². The van der Waals surface area contributed by atoms with Crippen molar-refractivity contribution in [1.29, 1.82) is 0 Å². The van der Waals surface area contributed by atoms with Gasteiger partial charge in [0.05, 0.1) is 0 Å². The molecule has 0 heterocycles. The number of rotatable bonds is 2. The van der Waals surface area contributed by atoms with Crippen LogP contribution in [0.3, 0.4) is 0 Å². The molecule has 0 spiro atoms. The van der Waals surface area contributed by atoms with Crippen molar-refractivity contribution in [2.45, 2.75) is 52.2 Å². The van der Waals surface area contributed by atoms with Crippen molar-refractivity contribution >= 4 is 11.9 Å². The number of hydrogen-bond donors (Lipinski definition) is 0. The largest absolute Gasteiger partial charge is 0.459 e. The van der Waals surface area contributed by atoms with Gasteiger partial charge in [0.25, 0.3) is 0 Å². The van der Waals surface area contributed by atoms with Gasteiger partial charge in [-0.2, -0.15) is 0 Å². The van der Waals surface area contributed by atoms with Gasteiger partial charge in [-0.05, 0) is 25.2 Å². The lowest BCUT2D eigenvalue weighted by Crippen LogP contribution is -2.39. The number of ether oxygens (including phenoxy) is 2. The zero-order valence-electron chi connectivity index (χ0n) is 9.49. The quantitative estimate of drug-likeness (QED) is 0.656. The van der Waals surface area contributed by atoms with Gasteiger partial charge in [0, 0.05) is 13.8 Å². The molecular formula is C11H18O4. The Labute approximate surface area is 89.9 Å². The van der Waals surface area contributed by atoms with Crippen LogP contribution in [0.2, 0.25) is 0 Å². The molecule has 1 aliphatic carbocycles.